The smallest absolute Gasteiger partial charge is 0.328 e. The zero-order valence-corrected chi connectivity index (χ0v) is 13.6. The van der Waals surface area contributed by atoms with Crippen LogP contribution in [0, 0.1) is 0 Å². The molecule has 0 spiro atoms. The van der Waals surface area contributed by atoms with Crippen molar-refractivity contribution >= 4 is 17.8 Å². The minimum atomic E-state index is -1.25. The van der Waals surface area contributed by atoms with Gasteiger partial charge in [0.2, 0.25) is 0 Å². The average Bonchev–Trinajstić information content (AvgIpc) is 2.58. The lowest BCUT2D eigenvalue weighted by Gasteiger charge is -2.08. The molecular formula is C17H22N2O5. The van der Waals surface area contributed by atoms with Crippen molar-refractivity contribution in [1.29, 1.82) is 0 Å². The monoisotopic (exact) mass is 334 g/mol. The van der Waals surface area contributed by atoms with Gasteiger partial charge in [0, 0.05) is 17.7 Å². The molecule has 1 aromatic carbocycles. The van der Waals surface area contributed by atoms with E-state index in [0.717, 1.165) is 18.9 Å². The van der Waals surface area contributed by atoms with Crippen molar-refractivity contribution in [3.05, 3.63) is 42.0 Å². The molecule has 0 aromatic heterocycles. The summed E-state index contributed by atoms with van der Waals surface area (Å²) in [5, 5.41) is 8.38. The van der Waals surface area contributed by atoms with E-state index in [0.29, 0.717) is 24.0 Å². The van der Waals surface area contributed by atoms with E-state index >= 15 is 0 Å². The standard InChI is InChI=1S/C17H22N2O5/c1-2-3-4-5-12-24-14-8-6-13(7-9-14)17(23)19-18-15(20)10-11-16(21)22/h6-11H,2-5,12H2,1H3,(H,18,20)(H,19,23)(H,21,22). The van der Waals surface area contributed by atoms with Crippen LogP contribution in [0.3, 0.4) is 0 Å². The van der Waals surface area contributed by atoms with Crippen LogP contribution in [0.5, 0.6) is 5.75 Å². The number of rotatable bonds is 9. The summed E-state index contributed by atoms with van der Waals surface area (Å²) in [6.07, 6.45) is 5.97. The van der Waals surface area contributed by atoms with Gasteiger partial charge in [-0.15, -0.1) is 0 Å². The van der Waals surface area contributed by atoms with E-state index in [2.05, 4.69) is 17.8 Å². The van der Waals surface area contributed by atoms with Gasteiger partial charge in [0.1, 0.15) is 5.75 Å². The number of hydrogen-bond donors (Lipinski definition) is 3. The van der Waals surface area contributed by atoms with Gasteiger partial charge in [0.15, 0.2) is 0 Å². The Kier molecular flexibility index (Phi) is 8.67. The van der Waals surface area contributed by atoms with Crippen LogP contribution in [0.2, 0.25) is 0 Å². The lowest BCUT2D eigenvalue weighted by molar-refractivity contribution is -0.131. The first-order valence-corrected chi connectivity index (χ1v) is 7.77. The van der Waals surface area contributed by atoms with E-state index < -0.39 is 17.8 Å². The molecule has 0 unspecified atom stereocenters. The van der Waals surface area contributed by atoms with Crippen molar-refractivity contribution in [2.45, 2.75) is 32.6 Å². The number of benzene rings is 1. The van der Waals surface area contributed by atoms with Gasteiger partial charge in [-0.1, -0.05) is 26.2 Å². The molecule has 0 atom stereocenters. The number of carbonyl (C=O) groups excluding carboxylic acids is 2. The highest BCUT2D eigenvalue weighted by molar-refractivity contribution is 5.98. The minimum Gasteiger partial charge on any atom is -0.494 e. The molecule has 0 radical (unpaired) electrons. The number of amides is 2. The van der Waals surface area contributed by atoms with Crippen LogP contribution in [0.1, 0.15) is 43.0 Å². The van der Waals surface area contributed by atoms with Gasteiger partial charge in [-0.3, -0.25) is 20.4 Å². The molecular weight excluding hydrogens is 312 g/mol. The molecule has 0 fully saturated rings. The molecule has 0 aliphatic carbocycles. The molecule has 3 N–H and O–H groups in total. The van der Waals surface area contributed by atoms with Crippen molar-refractivity contribution in [2.24, 2.45) is 0 Å². The molecule has 0 heterocycles. The predicted molar refractivity (Wildman–Crippen MR) is 88.5 cm³/mol. The van der Waals surface area contributed by atoms with Crippen LogP contribution >= 0.6 is 0 Å². The molecule has 0 aliphatic heterocycles. The van der Waals surface area contributed by atoms with E-state index in [1.807, 2.05) is 0 Å². The van der Waals surface area contributed by atoms with Crippen molar-refractivity contribution in [1.82, 2.24) is 10.9 Å². The van der Waals surface area contributed by atoms with E-state index in [4.69, 9.17) is 9.84 Å². The molecule has 1 rings (SSSR count). The van der Waals surface area contributed by atoms with Crippen molar-refractivity contribution < 1.29 is 24.2 Å². The minimum absolute atomic E-state index is 0.343. The quantitative estimate of drug-likeness (QED) is 0.364. The fourth-order valence-corrected chi connectivity index (χ4v) is 1.80. The highest BCUT2D eigenvalue weighted by atomic mass is 16.5. The van der Waals surface area contributed by atoms with Crippen LogP contribution in [-0.4, -0.2) is 29.5 Å². The summed E-state index contributed by atoms with van der Waals surface area (Å²) in [5.74, 6) is -1.82. The van der Waals surface area contributed by atoms with Crippen LogP contribution in [0.4, 0.5) is 0 Å². The van der Waals surface area contributed by atoms with E-state index in [-0.39, 0.29) is 0 Å². The number of hydrogen-bond acceptors (Lipinski definition) is 4. The van der Waals surface area contributed by atoms with Gasteiger partial charge in [-0.25, -0.2) is 4.79 Å². The topological polar surface area (TPSA) is 105 Å². The summed E-state index contributed by atoms with van der Waals surface area (Å²) in [4.78, 5) is 33.3. The molecule has 1 aromatic rings. The molecule has 130 valence electrons. The van der Waals surface area contributed by atoms with Crippen molar-refractivity contribution in [2.75, 3.05) is 6.61 Å². The summed E-state index contributed by atoms with van der Waals surface area (Å²) in [7, 11) is 0. The van der Waals surface area contributed by atoms with Crippen molar-refractivity contribution in [3.8, 4) is 5.75 Å². The Hall–Kier alpha value is -2.83. The largest absolute Gasteiger partial charge is 0.494 e. The summed E-state index contributed by atoms with van der Waals surface area (Å²) in [6, 6.07) is 6.52. The zero-order chi connectivity index (χ0) is 17.8. The Morgan fingerprint density at radius 3 is 2.38 bits per heavy atom. The zero-order valence-electron chi connectivity index (χ0n) is 13.6. The lowest BCUT2D eigenvalue weighted by atomic mass is 10.2. The first kappa shape index (κ1) is 19.2. The Morgan fingerprint density at radius 2 is 1.75 bits per heavy atom. The normalized spacial score (nSPS) is 10.4. The predicted octanol–water partition coefficient (Wildman–Crippen LogP) is 2.05. The maximum absolute atomic E-state index is 11.8. The van der Waals surface area contributed by atoms with Gasteiger partial charge in [0.25, 0.3) is 11.8 Å². The lowest BCUT2D eigenvalue weighted by Crippen LogP contribution is -2.40. The SMILES string of the molecule is CCCCCCOc1ccc(C(=O)NNC(=O)C=CC(=O)O)cc1. The maximum atomic E-state index is 11.8. The molecule has 0 bridgehead atoms. The van der Waals surface area contributed by atoms with Gasteiger partial charge in [-0.2, -0.15) is 0 Å². The molecule has 7 heteroatoms. The van der Waals surface area contributed by atoms with E-state index in [1.165, 1.54) is 12.8 Å². The third-order valence-electron chi connectivity index (χ3n) is 3.06. The Morgan fingerprint density at radius 1 is 1.04 bits per heavy atom. The van der Waals surface area contributed by atoms with Crippen LogP contribution in [-0.2, 0) is 9.59 Å². The van der Waals surface area contributed by atoms with Gasteiger partial charge in [0.05, 0.1) is 6.61 Å². The number of carbonyl (C=O) groups is 3. The number of nitrogens with one attached hydrogen (secondary N) is 2. The summed E-state index contributed by atoms with van der Waals surface area (Å²) in [5.41, 5.74) is 4.61. The van der Waals surface area contributed by atoms with Gasteiger partial charge >= 0.3 is 5.97 Å². The fraction of sp³-hybridized carbons (Fsp3) is 0.353. The molecule has 2 amide bonds. The second-order valence-electron chi connectivity index (χ2n) is 5.05. The highest BCUT2D eigenvalue weighted by Gasteiger charge is 2.06. The van der Waals surface area contributed by atoms with Gasteiger partial charge in [-0.05, 0) is 30.7 Å². The van der Waals surface area contributed by atoms with E-state index in [1.54, 1.807) is 24.3 Å². The molecule has 7 nitrogen and oxygen atoms in total. The van der Waals surface area contributed by atoms with Gasteiger partial charge < -0.3 is 9.84 Å². The Balaban J connectivity index is 2.37. The third kappa shape index (κ3) is 7.98. The number of carboxylic acid groups (broad SMARTS) is 1. The molecule has 0 aliphatic rings. The maximum Gasteiger partial charge on any atom is 0.328 e. The first-order valence-electron chi connectivity index (χ1n) is 7.77. The molecule has 0 saturated heterocycles. The molecule has 24 heavy (non-hydrogen) atoms. The number of aliphatic carboxylic acids is 1. The fourth-order valence-electron chi connectivity index (χ4n) is 1.80. The van der Waals surface area contributed by atoms with Crippen molar-refractivity contribution in [3.63, 3.8) is 0 Å². The Labute approximate surface area is 140 Å². The molecule has 0 saturated carbocycles. The van der Waals surface area contributed by atoms with E-state index in [9.17, 15) is 14.4 Å². The summed E-state index contributed by atoms with van der Waals surface area (Å²) >= 11 is 0. The average molecular weight is 334 g/mol. The number of ether oxygens (including phenoxy) is 1. The Bertz CT molecular complexity index is 581. The second-order valence-corrected chi connectivity index (χ2v) is 5.05. The third-order valence-corrected chi connectivity index (χ3v) is 3.06. The van der Waals surface area contributed by atoms with Crippen LogP contribution in [0.25, 0.3) is 0 Å². The first-order chi connectivity index (χ1) is 11.5. The summed E-state index contributed by atoms with van der Waals surface area (Å²) in [6.45, 7) is 2.78. The summed E-state index contributed by atoms with van der Waals surface area (Å²) < 4.78 is 5.57. The number of carboxylic acids is 1. The number of hydrazine groups is 1. The second kappa shape index (κ2) is 10.8. The highest BCUT2D eigenvalue weighted by Crippen LogP contribution is 2.13. The van der Waals surface area contributed by atoms with Crippen LogP contribution in [0.15, 0.2) is 36.4 Å². The van der Waals surface area contributed by atoms with Crippen LogP contribution < -0.4 is 15.6 Å². The number of unbranched alkanes of at least 4 members (excludes halogenated alkanes) is 3.